The molecule has 1 saturated heterocycles. The lowest BCUT2D eigenvalue weighted by Gasteiger charge is -2.40. The van der Waals surface area contributed by atoms with Crippen molar-refractivity contribution >= 4 is 15.9 Å². The molecule has 0 unspecified atom stereocenters. The van der Waals surface area contributed by atoms with Crippen molar-refractivity contribution in [3.05, 3.63) is 27.7 Å². The standard InChI is InChI=1S/C17H24BrNO2/c1-12(2)19-6-4-17(20,5-7-19)11-14-10-15(18)9-13-3-8-21-16(13)14/h9-10,12,20H,3-8,11H2,1-2H3. The smallest absolute Gasteiger partial charge is 0.125 e. The Morgan fingerprint density at radius 2 is 2.05 bits per heavy atom. The van der Waals surface area contributed by atoms with Gasteiger partial charge in [0.1, 0.15) is 5.75 Å². The van der Waals surface area contributed by atoms with Gasteiger partial charge < -0.3 is 14.7 Å². The predicted octanol–water partition coefficient (Wildman–Crippen LogP) is 3.16. The summed E-state index contributed by atoms with van der Waals surface area (Å²) < 4.78 is 6.88. The van der Waals surface area contributed by atoms with Gasteiger partial charge in [-0.2, -0.15) is 0 Å². The van der Waals surface area contributed by atoms with Crippen LogP contribution in [0.1, 0.15) is 37.8 Å². The number of piperidine rings is 1. The molecule has 21 heavy (non-hydrogen) atoms. The Balaban J connectivity index is 1.75. The molecule has 2 aliphatic rings. The Bertz CT molecular complexity index is 522. The van der Waals surface area contributed by atoms with Crippen molar-refractivity contribution in [2.24, 2.45) is 0 Å². The zero-order valence-electron chi connectivity index (χ0n) is 12.9. The van der Waals surface area contributed by atoms with Crippen LogP contribution in [0.15, 0.2) is 16.6 Å². The van der Waals surface area contributed by atoms with Crippen LogP contribution < -0.4 is 4.74 Å². The maximum atomic E-state index is 10.9. The SMILES string of the molecule is CC(C)N1CCC(O)(Cc2cc(Br)cc3c2OCC3)CC1. The van der Waals surface area contributed by atoms with E-state index in [0.717, 1.165) is 54.7 Å². The largest absolute Gasteiger partial charge is 0.493 e. The lowest BCUT2D eigenvalue weighted by Crippen LogP contribution is -2.47. The van der Waals surface area contributed by atoms with E-state index in [2.05, 4.69) is 46.8 Å². The van der Waals surface area contributed by atoms with Crippen LogP contribution in [0.2, 0.25) is 0 Å². The van der Waals surface area contributed by atoms with Crippen molar-refractivity contribution in [2.45, 2.75) is 51.2 Å². The van der Waals surface area contributed by atoms with Crippen LogP contribution in [0, 0.1) is 0 Å². The van der Waals surface area contributed by atoms with Gasteiger partial charge in [0.05, 0.1) is 12.2 Å². The van der Waals surface area contributed by atoms with E-state index in [-0.39, 0.29) is 0 Å². The molecule has 0 amide bonds. The first-order chi connectivity index (χ1) is 9.97. The number of ether oxygens (including phenoxy) is 1. The molecule has 1 N–H and O–H groups in total. The summed E-state index contributed by atoms with van der Waals surface area (Å²) in [7, 11) is 0. The van der Waals surface area contributed by atoms with E-state index >= 15 is 0 Å². The number of halogens is 1. The molecule has 3 rings (SSSR count). The Kier molecular flexibility index (Phi) is 4.30. The number of nitrogens with zero attached hydrogens (tertiary/aromatic N) is 1. The average molecular weight is 354 g/mol. The topological polar surface area (TPSA) is 32.7 Å². The van der Waals surface area contributed by atoms with E-state index in [1.54, 1.807) is 0 Å². The van der Waals surface area contributed by atoms with Gasteiger partial charge in [0.25, 0.3) is 0 Å². The minimum atomic E-state index is -0.591. The third-order valence-electron chi connectivity index (χ3n) is 4.80. The summed E-state index contributed by atoms with van der Waals surface area (Å²) in [5.74, 6) is 1.01. The molecule has 4 heteroatoms. The van der Waals surface area contributed by atoms with Crippen LogP contribution in [-0.2, 0) is 12.8 Å². The first-order valence-corrected chi connectivity index (χ1v) is 8.67. The van der Waals surface area contributed by atoms with Crippen molar-refractivity contribution in [1.82, 2.24) is 4.90 Å². The molecule has 3 nitrogen and oxygen atoms in total. The first kappa shape index (κ1) is 15.3. The molecule has 0 saturated carbocycles. The molecular weight excluding hydrogens is 330 g/mol. The number of fused-ring (bicyclic) bond motifs is 1. The summed E-state index contributed by atoms with van der Waals surface area (Å²) in [6.45, 7) is 7.16. The highest BCUT2D eigenvalue weighted by Crippen LogP contribution is 2.37. The number of rotatable bonds is 3. The van der Waals surface area contributed by atoms with Gasteiger partial charge in [0, 0.05) is 36.4 Å². The third kappa shape index (κ3) is 3.27. The highest BCUT2D eigenvalue weighted by atomic mass is 79.9. The maximum Gasteiger partial charge on any atom is 0.125 e. The van der Waals surface area contributed by atoms with Crippen molar-refractivity contribution in [2.75, 3.05) is 19.7 Å². The van der Waals surface area contributed by atoms with Gasteiger partial charge in [0.15, 0.2) is 0 Å². The molecule has 0 spiro atoms. The van der Waals surface area contributed by atoms with Gasteiger partial charge in [-0.3, -0.25) is 0 Å². The van der Waals surface area contributed by atoms with E-state index in [1.807, 2.05) is 0 Å². The predicted molar refractivity (Wildman–Crippen MR) is 87.9 cm³/mol. The van der Waals surface area contributed by atoms with Crippen LogP contribution in [0.4, 0.5) is 0 Å². The Morgan fingerprint density at radius 1 is 1.33 bits per heavy atom. The van der Waals surface area contributed by atoms with Gasteiger partial charge in [-0.25, -0.2) is 0 Å². The van der Waals surface area contributed by atoms with Crippen molar-refractivity contribution < 1.29 is 9.84 Å². The fourth-order valence-electron chi connectivity index (χ4n) is 3.47. The zero-order chi connectivity index (χ0) is 15.0. The van der Waals surface area contributed by atoms with E-state index in [1.165, 1.54) is 5.56 Å². The van der Waals surface area contributed by atoms with E-state index < -0.39 is 5.60 Å². The highest BCUT2D eigenvalue weighted by Gasteiger charge is 2.34. The quantitative estimate of drug-likeness (QED) is 0.905. The number of benzene rings is 1. The maximum absolute atomic E-state index is 10.9. The third-order valence-corrected chi connectivity index (χ3v) is 5.26. The average Bonchev–Trinajstić information content (AvgIpc) is 2.87. The number of aliphatic hydroxyl groups is 1. The second kappa shape index (κ2) is 5.90. The minimum absolute atomic E-state index is 0.563. The van der Waals surface area contributed by atoms with Gasteiger partial charge in [-0.15, -0.1) is 0 Å². The van der Waals surface area contributed by atoms with Crippen LogP contribution in [0.25, 0.3) is 0 Å². The molecule has 2 aliphatic heterocycles. The van der Waals surface area contributed by atoms with E-state index in [4.69, 9.17) is 4.74 Å². The van der Waals surface area contributed by atoms with Crippen LogP contribution >= 0.6 is 15.9 Å². The van der Waals surface area contributed by atoms with Gasteiger partial charge >= 0.3 is 0 Å². The lowest BCUT2D eigenvalue weighted by atomic mass is 9.84. The Hall–Kier alpha value is -0.580. The second-order valence-corrected chi connectivity index (χ2v) is 7.60. The van der Waals surface area contributed by atoms with Crippen LogP contribution in [0.5, 0.6) is 5.75 Å². The summed E-state index contributed by atoms with van der Waals surface area (Å²) in [5.41, 5.74) is 1.83. The minimum Gasteiger partial charge on any atom is -0.493 e. The summed E-state index contributed by atoms with van der Waals surface area (Å²) in [5, 5.41) is 10.9. The Labute approximate surface area is 135 Å². The molecule has 0 bridgehead atoms. The fourth-order valence-corrected chi connectivity index (χ4v) is 4.02. The van der Waals surface area contributed by atoms with E-state index in [0.29, 0.717) is 12.5 Å². The van der Waals surface area contributed by atoms with Gasteiger partial charge in [-0.1, -0.05) is 15.9 Å². The molecule has 1 fully saturated rings. The zero-order valence-corrected chi connectivity index (χ0v) is 14.4. The summed E-state index contributed by atoms with van der Waals surface area (Å²) in [6.07, 6.45) is 3.35. The Morgan fingerprint density at radius 3 is 2.71 bits per heavy atom. The van der Waals surface area contributed by atoms with Crippen molar-refractivity contribution in [3.63, 3.8) is 0 Å². The van der Waals surface area contributed by atoms with Gasteiger partial charge in [0.2, 0.25) is 0 Å². The normalized spacial score (nSPS) is 21.4. The van der Waals surface area contributed by atoms with Gasteiger partial charge in [-0.05, 0) is 49.9 Å². The molecule has 2 heterocycles. The number of hydrogen-bond acceptors (Lipinski definition) is 3. The highest BCUT2D eigenvalue weighted by molar-refractivity contribution is 9.10. The molecule has 1 aromatic rings. The molecule has 1 aromatic carbocycles. The van der Waals surface area contributed by atoms with Crippen LogP contribution in [0.3, 0.4) is 0 Å². The van der Waals surface area contributed by atoms with Crippen molar-refractivity contribution in [1.29, 1.82) is 0 Å². The molecule has 0 radical (unpaired) electrons. The summed E-state index contributed by atoms with van der Waals surface area (Å²) in [4.78, 5) is 2.44. The summed E-state index contributed by atoms with van der Waals surface area (Å²) >= 11 is 3.58. The van der Waals surface area contributed by atoms with E-state index in [9.17, 15) is 5.11 Å². The number of hydrogen-bond donors (Lipinski definition) is 1. The summed E-state index contributed by atoms with van der Waals surface area (Å²) in [6, 6.07) is 4.81. The first-order valence-electron chi connectivity index (χ1n) is 7.87. The van der Waals surface area contributed by atoms with Crippen molar-refractivity contribution in [3.8, 4) is 5.75 Å². The number of likely N-dealkylation sites (tertiary alicyclic amines) is 1. The van der Waals surface area contributed by atoms with Crippen LogP contribution in [-0.4, -0.2) is 41.3 Å². The fraction of sp³-hybridized carbons (Fsp3) is 0.647. The lowest BCUT2D eigenvalue weighted by molar-refractivity contribution is -0.0274. The second-order valence-electron chi connectivity index (χ2n) is 6.68. The molecule has 0 aliphatic carbocycles. The monoisotopic (exact) mass is 353 g/mol. The molecular formula is C17H24BrNO2. The molecule has 116 valence electrons. The molecule has 0 atom stereocenters. The molecule has 0 aromatic heterocycles.